The van der Waals surface area contributed by atoms with Crippen LogP contribution in [0.2, 0.25) is 0 Å². The van der Waals surface area contributed by atoms with Gasteiger partial charge in [-0.1, -0.05) is 364 Å². The smallest absolute Gasteiger partial charge is 0.161 e. The molecule has 0 N–H and O–H groups in total. The predicted molar refractivity (Wildman–Crippen MR) is 493 cm³/mol. The van der Waals surface area contributed by atoms with Crippen LogP contribution >= 0.6 is 0 Å². The van der Waals surface area contributed by atoms with Crippen molar-refractivity contribution in [3.63, 3.8) is 0 Å². The number of hydrogen-bond donors (Lipinski definition) is 0. The zero-order valence-corrected chi connectivity index (χ0v) is 64.9. The Bertz CT molecular complexity index is 7320. The highest BCUT2D eigenvalue weighted by atomic mass is 16.3. The second kappa shape index (κ2) is 29.1. The third kappa shape index (κ3) is 11.6. The maximum absolute atomic E-state index is 6.62. The van der Waals surface area contributed by atoms with Crippen molar-refractivity contribution in [1.82, 2.24) is 9.97 Å². The lowest BCUT2D eigenvalue weighted by Gasteiger charge is -2.11. The highest BCUT2D eigenvalue weighted by molar-refractivity contribution is 6.20. The molecule has 120 heavy (non-hydrogen) atoms. The number of furan rings is 4. The highest BCUT2D eigenvalue weighted by Gasteiger charge is 2.33. The number of benzene rings is 16. The molecular formula is C114H70N2O4. The summed E-state index contributed by atoms with van der Waals surface area (Å²) >= 11 is 0. The van der Waals surface area contributed by atoms with E-state index in [1.807, 2.05) is 60.8 Å². The largest absolute Gasteiger partial charge is 0.455 e. The lowest BCUT2D eigenvalue weighted by molar-refractivity contribution is 0.629. The number of nitrogens with zero attached hydrogens (tertiary/aromatic N) is 2. The molecule has 22 aromatic rings. The number of hydrogen-bond acceptors (Lipinski definition) is 6. The molecule has 0 saturated carbocycles. The normalized spacial score (nSPS) is 11.7. The van der Waals surface area contributed by atoms with E-state index in [1.165, 1.54) is 144 Å². The zero-order valence-electron chi connectivity index (χ0n) is 64.9. The van der Waals surface area contributed by atoms with E-state index in [1.54, 1.807) is 0 Å². The lowest BCUT2D eigenvalue weighted by atomic mass is 9.92. The van der Waals surface area contributed by atoms with Crippen molar-refractivity contribution in [2.75, 3.05) is 0 Å². The van der Waals surface area contributed by atoms with Crippen LogP contribution in [0, 0.1) is 0 Å². The van der Waals surface area contributed by atoms with Crippen molar-refractivity contribution in [3.05, 3.63) is 425 Å². The van der Waals surface area contributed by atoms with Gasteiger partial charge in [0, 0.05) is 66.7 Å². The summed E-state index contributed by atoms with van der Waals surface area (Å²) in [5.41, 5.74) is 41.2. The van der Waals surface area contributed by atoms with Crippen LogP contribution < -0.4 is 0 Å². The molecule has 0 radical (unpaired) electrons. The average Bonchev–Trinajstić information content (AvgIpc) is 1.59. The Morgan fingerprint density at radius 2 is 0.392 bits per heavy atom. The van der Waals surface area contributed by atoms with Crippen LogP contribution in [-0.4, -0.2) is 9.97 Å². The summed E-state index contributed by atoms with van der Waals surface area (Å²) in [5, 5.41) is 4.70. The predicted octanol–water partition coefficient (Wildman–Crippen LogP) is 31.8. The topological polar surface area (TPSA) is 78.3 Å². The standard InChI is InChI=1S/C32H20O.C31H19NO.C26H16O.C25H15NO/c1-2-10-21(11-3-1)22-12-8-13-23(20-22)32-31-28-17-7-6-16-26(28)24-14-4-5-15-25(24)27-18-9-19-29(33-32)30(27)31;1-2-10-20(11-3-1)26-17-9-18-27(32-26)31-30-25-15-7-6-14-23(25)21-12-4-5-13-22(21)24-16-8-19-28(33-31)29(24)30;1-2-9-17(10-3-1)26-25-22-14-7-6-13-20(22)18-11-4-5-12-19(18)21-15-8-16-23(27-26)24(21)25;1-2-9-17-16(8-1)18-10-3-4-11-20(18)24-23-19(17)12-7-14-22(23)27-25(24)21-13-5-6-15-26-21/h1-20H;1-19H;1-16H;1-15H. The van der Waals surface area contributed by atoms with Gasteiger partial charge in [0.1, 0.15) is 45.2 Å². The maximum atomic E-state index is 6.62. The van der Waals surface area contributed by atoms with Crippen molar-refractivity contribution in [3.8, 4) is 201 Å². The molecule has 0 saturated heterocycles. The number of rotatable bonds is 6. The first-order chi connectivity index (χ1) is 59.6. The fraction of sp³-hybridized carbons (Fsp3) is 0. The Labute approximate surface area is 693 Å². The fourth-order valence-corrected chi connectivity index (χ4v) is 18.7. The second-order valence-corrected chi connectivity index (χ2v) is 30.6. The molecule has 0 spiro atoms. The highest BCUT2D eigenvalue weighted by Crippen LogP contribution is 2.58. The van der Waals surface area contributed by atoms with Gasteiger partial charge in [-0.25, -0.2) is 4.98 Å². The van der Waals surface area contributed by atoms with Gasteiger partial charge in [-0.15, -0.1) is 0 Å². The Hall–Kier alpha value is -16.0. The van der Waals surface area contributed by atoms with Gasteiger partial charge in [0.05, 0.1) is 5.69 Å². The summed E-state index contributed by atoms with van der Waals surface area (Å²) < 4.78 is 26.0. The first-order valence-corrected chi connectivity index (χ1v) is 40.7. The zero-order chi connectivity index (χ0) is 79.1. The van der Waals surface area contributed by atoms with Crippen LogP contribution in [0.25, 0.3) is 245 Å². The summed E-state index contributed by atoms with van der Waals surface area (Å²) in [6.07, 6.45) is 1.81. The Morgan fingerprint density at radius 1 is 0.150 bits per heavy atom. The average molecular weight is 1530 g/mol. The van der Waals surface area contributed by atoms with E-state index in [4.69, 9.17) is 22.7 Å². The number of aromatic nitrogens is 2. The van der Waals surface area contributed by atoms with Crippen LogP contribution in [0.15, 0.2) is 442 Å². The molecule has 0 amide bonds. The molecule has 6 heteroatoms. The molecule has 560 valence electrons. The molecule has 26 rings (SSSR count). The van der Waals surface area contributed by atoms with Gasteiger partial charge in [0.15, 0.2) is 11.5 Å². The molecule has 6 nitrogen and oxygen atoms in total. The summed E-state index contributed by atoms with van der Waals surface area (Å²) in [6.45, 7) is 0. The van der Waals surface area contributed by atoms with Crippen molar-refractivity contribution in [2.45, 2.75) is 0 Å². The number of fused-ring (bicyclic) bond motifs is 20. The molecule has 0 fully saturated rings. The first kappa shape index (κ1) is 69.5. The van der Waals surface area contributed by atoms with Gasteiger partial charge in [-0.3, -0.25) is 4.98 Å². The van der Waals surface area contributed by atoms with Crippen LogP contribution in [-0.2, 0) is 0 Å². The summed E-state index contributed by atoms with van der Waals surface area (Å²) in [7, 11) is 0. The van der Waals surface area contributed by atoms with Crippen molar-refractivity contribution >= 4 is 43.9 Å². The van der Waals surface area contributed by atoms with Crippen molar-refractivity contribution in [1.29, 1.82) is 0 Å². The van der Waals surface area contributed by atoms with Gasteiger partial charge in [0.25, 0.3) is 0 Å². The van der Waals surface area contributed by atoms with E-state index >= 15 is 0 Å². The van der Waals surface area contributed by atoms with E-state index in [0.717, 1.165) is 101 Å². The van der Waals surface area contributed by atoms with E-state index in [-0.39, 0.29) is 0 Å². The Kier molecular flexibility index (Phi) is 16.8. The SMILES string of the molecule is c1ccc(-c2cccc(-c3oc4cccc5c4c3-c3ccccc3-c3ccccc3-5)c2)cc1.c1ccc(-c2cccc(-c3oc4cccc5c4c3-c3ccccc3-c3ccccc3-5)n2)cc1.c1ccc(-c2oc3cccc4c3c2-c2ccccc2-c2ccccc2-4)cc1.c1ccc(-c2oc3cccc4c3c2-c2ccccc2-c2ccccc2-4)nc1. The van der Waals surface area contributed by atoms with E-state index < -0.39 is 0 Å². The fourth-order valence-electron chi connectivity index (χ4n) is 18.7. The van der Waals surface area contributed by atoms with Crippen molar-refractivity contribution in [2.24, 2.45) is 0 Å². The quantitative estimate of drug-likeness (QED) is 0.165. The van der Waals surface area contributed by atoms with E-state index in [0.29, 0.717) is 0 Å². The molecule has 6 aromatic heterocycles. The Balaban J connectivity index is 0.0000000938. The summed E-state index contributed by atoms with van der Waals surface area (Å²) in [5.74, 6) is 3.52. The van der Waals surface area contributed by atoms with Crippen LogP contribution in [0.3, 0.4) is 0 Å². The van der Waals surface area contributed by atoms with Gasteiger partial charge in [0.2, 0.25) is 0 Å². The minimum Gasteiger partial charge on any atom is -0.455 e. The third-order valence-corrected chi connectivity index (χ3v) is 23.9. The summed E-state index contributed by atoms with van der Waals surface area (Å²) in [6, 6.07) is 147. The molecule has 0 unspecified atom stereocenters. The lowest BCUT2D eigenvalue weighted by Crippen LogP contribution is -1.89. The van der Waals surface area contributed by atoms with Gasteiger partial charge >= 0.3 is 0 Å². The minimum atomic E-state index is 0.815. The molecule has 0 atom stereocenters. The minimum absolute atomic E-state index is 0.815. The van der Waals surface area contributed by atoms with Gasteiger partial charge < -0.3 is 17.7 Å². The van der Waals surface area contributed by atoms with Crippen LogP contribution in [0.1, 0.15) is 0 Å². The Morgan fingerprint density at radius 3 is 0.767 bits per heavy atom. The molecule has 16 aromatic carbocycles. The van der Waals surface area contributed by atoms with Gasteiger partial charge in [-0.2, -0.15) is 0 Å². The molecule has 4 aliphatic carbocycles. The molecule has 0 bridgehead atoms. The monoisotopic (exact) mass is 1530 g/mol. The molecule has 4 aliphatic rings. The number of pyridine rings is 2. The summed E-state index contributed by atoms with van der Waals surface area (Å²) in [4.78, 5) is 9.60. The molecule has 0 aliphatic heterocycles. The molecule has 6 heterocycles. The van der Waals surface area contributed by atoms with Gasteiger partial charge in [-0.05, 0) is 177 Å². The maximum Gasteiger partial charge on any atom is 0.161 e. The first-order valence-electron chi connectivity index (χ1n) is 40.7. The second-order valence-electron chi connectivity index (χ2n) is 30.6. The van der Waals surface area contributed by atoms with E-state index in [2.05, 4.69) is 369 Å². The third-order valence-electron chi connectivity index (χ3n) is 23.9. The van der Waals surface area contributed by atoms with Crippen LogP contribution in [0.4, 0.5) is 0 Å². The molecular weight excluding hydrogens is 1460 g/mol. The van der Waals surface area contributed by atoms with E-state index in [9.17, 15) is 0 Å². The van der Waals surface area contributed by atoms with Crippen molar-refractivity contribution < 1.29 is 17.7 Å². The van der Waals surface area contributed by atoms with Crippen LogP contribution in [0.5, 0.6) is 0 Å².